The molecule has 0 saturated carbocycles. The minimum Gasteiger partial charge on any atom is -0.383 e. The van der Waals surface area contributed by atoms with Gasteiger partial charge in [0.1, 0.15) is 11.6 Å². The average molecular weight is 274 g/mol. The van der Waals surface area contributed by atoms with Gasteiger partial charge in [0.25, 0.3) is 0 Å². The Morgan fingerprint density at radius 1 is 1.30 bits per heavy atom. The van der Waals surface area contributed by atoms with Crippen LogP contribution in [0.15, 0.2) is 30.6 Å². The van der Waals surface area contributed by atoms with E-state index >= 15 is 0 Å². The normalized spacial score (nSPS) is 12.3. The van der Waals surface area contributed by atoms with Crippen LogP contribution in [0.25, 0.3) is 0 Å². The van der Waals surface area contributed by atoms with Crippen LogP contribution in [0.4, 0.5) is 10.2 Å². The summed E-state index contributed by atoms with van der Waals surface area (Å²) in [6.45, 7) is 4.86. The summed E-state index contributed by atoms with van der Waals surface area (Å²) in [5.74, 6) is 0.119. The number of nitrogens with two attached hydrogens (primary N) is 1. The summed E-state index contributed by atoms with van der Waals surface area (Å²) in [6, 6.07) is 4.89. The molecule has 4 nitrogen and oxygen atoms in total. The van der Waals surface area contributed by atoms with Gasteiger partial charge in [-0.1, -0.05) is 6.92 Å². The van der Waals surface area contributed by atoms with Gasteiger partial charge in [-0.2, -0.15) is 0 Å². The fourth-order valence-electron chi connectivity index (χ4n) is 2.05. The standard InChI is InChI=1S/C15H19FN4/c1-3-6-18-14(13-5-4-11(16)9-19-13)12-7-10(2)8-20-15(12)17/h4-5,7-9,14,18H,3,6H2,1-2H3,(H2,17,20). The van der Waals surface area contributed by atoms with Gasteiger partial charge in [0, 0.05) is 11.8 Å². The maximum absolute atomic E-state index is 13.0. The Balaban J connectivity index is 2.41. The molecular weight excluding hydrogens is 255 g/mol. The number of nitrogen functional groups attached to an aromatic ring is 1. The van der Waals surface area contributed by atoms with Crippen molar-refractivity contribution in [2.24, 2.45) is 0 Å². The summed E-state index contributed by atoms with van der Waals surface area (Å²) in [6.07, 6.45) is 3.93. The molecular formula is C15H19FN4. The number of pyridine rings is 2. The van der Waals surface area contributed by atoms with Crippen LogP contribution in [0, 0.1) is 12.7 Å². The van der Waals surface area contributed by atoms with E-state index < -0.39 is 0 Å². The largest absolute Gasteiger partial charge is 0.383 e. The molecule has 0 spiro atoms. The van der Waals surface area contributed by atoms with Crippen molar-refractivity contribution in [3.05, 3.63) is 53.2 Å². The highest BCUT2D eigenvalue weighted by molar-refractivity contribution is 5.46. The van der Waals surface area contributed by atoms with Crippen LogP contribution in [-0.4, -0.2) is 16.5 Å². The number of nitrogens with zero attached hydrogens (tertiary/aromatic N) is 2. The lowest BCUT2D eigenvalue weighted by Gasteiger charge is -2.20. The highest BCUT2D eigenvalue weighted by Crippen LogP contribution is 2.25. The molecule has 2 heterocycles. The molecule has 0 radical (unpaired) electrons. The van der Waals surface area contributed by atoms with Crippen LogP contribution >= 0.6 is 0 Å². The predicted molar refractivity (Wildman–Crippen MR) is 77.7 cm³/mol. The number of anilines is 1. The summed E-state index contributed by atoms with van der Waals surface area (Å²) in [7, 11) is 0. The van der Waals surface area contributed by atoms with Gasteiger partial charge in [0.05, 0.1) is 17.9 Å². The highest BCUT2D eigenvalue weighted by Gasteiger charge is 2.18. The zero-order valence-electron chi connectivity index (χ0n) is 11.7. The predicted octanol–water partition coefficient (Wildman–Crippen LogP) is 2.60. The molecule has 106 valence electrons. The summed E-state index contributed by atoms with van der Waals surface area (Å²) >= 11 is 0. The van der Waals surface area contributed by atoms with Crippen molar-refractivity contribution in [3.63, 3.8) is 0 Å². The van der Waals surface area contributed by atoms with E-state index in [2.05, 4.69) is 22.2 Å². The number of halogens is 1. The number of aromatic nitrogens is 2. The van der Waals surface area contributed by atoms with Crippen molar-refractivity contribution in [2.75, 3.05) is 12.3 Å². The van der Waals surface area contributed by atoms with E-state index in [1.54, 1.807) is 12.3 Å². The highest BCUT2D eigenvalue weighted by atomic mass is 19.1. The number of rotatable bonds is 5. The van der Waals surface area contributed by atoms with Gasteiger partial charge in [-0.05, 0) is 43.7 Å². The van der Waals surface area contributed by atoms with Gasteiger partial charge < -0.3 is 11.1 Å². The van der Waals surface area contributed by atoms with Crippen molar-refractivity contribution in [1.29, 1.82) is 0 Å². The summed E-state index contributed by atoms with van der Waals surface area (Å²) in [5, 5.41) is 3.38. The number of hydrogen-bond donors (Lipinski definition) is 2. The molecule has 1 unspecified atom stereocenters. The third kappa shape index (κ3) is 3.30. The fourth-order valence-corrected chi connectivity index (χ4v) is 2.05. The molecule has 3 N–H and O–H groups in total. The Kier molecular flexibility index (Phi) is 4.63. The quantitative estimate of drug-likeness (QED) is 0.879. The van der Waals surface area contributed by atoms with Gasteiger partial charge in [-0.25, -0.2) is 9.37 Å². The van der Waals surface area contributed by atoms with Crippen molar-refractivity contribution >= 4 is 5.82 Å². The Labute approximate surface area is 118 Å². The summed E-state index contributed by atoms with van der Waals surface area (Å²) in [4.78, 5) is 8.34. The molecule has 2 aromatic rings. The van der Waals surface area contributed by atoms with Crippen LogP contribution < -0.4 is 11.1 Å². The molecule has 0 aliphatic rings. The van der Waals surface area contributed by atoms with Gasteiger partial charge in [-0.3, -0.25) is 4.98 Å². The second-order valence-electron chi connectivity index (χ2n) is 4.78. The molecule has 0 amide bonds. The van der Waals surface area contributed by atoms with Gasteiger partial charge in [-0.15, -0.1) is 0 Å². The number of aryl methyl sites for hydroxylation is 1. The van der Waals surface area contributed by atoms with Crippen LogP contribution in [-0.2, 0) is 0 Å². The average Bonchev–Trinajstić information content (AvgIpc) is 2.44. The topological polar surface area (TPSA) is 63.8 Å². The molecule has 0 aliphatic carbocycles. The Morgan fingerprint density at radius 2 is 2.10 bits per heavy atom. The Hall–Kier alpha value is -2.01. The van der Waals surface area contributed by atoms with Crippen LogP contribution in [0.1, 0.15) is 36.2 Å². The van der Waals surface area contributed by atoms with Crippen molar-refractivity contribution in [3.8, 4) is 0 Å². The fraction of sp³-hybridized carbons (Fsp3) is 0.333. The molecule has 5 heteroatoms. The van der Waals surface area contributed by atoms with E-state index in [-0.39, 0.29) is 11.9 Å². The molecule has 0 fully saturated rings. The molecule has 1 atom stereocenters. The lowest BCUT2D eigenvalue weighted by Crippen LogP contribution is -2.25. The van der Waals surface area contributed by atoms with E-state index in [1.807, 2.05) is 13.0 Å². The minimum atomic E-state index is -0.349. The second-order valence-corrected chi connectivity index (χ2v) is 4.78. The van der Waals surface area contributed by atoms with Crippen molar-refractivity contribution in [1.82, 2.24) is 15.3 Å². The lowest BCUT2D eigenvalue weighted by molar-refractivity contribution is 0.576. The van der Waals surface area contributed by atoms with Crippen molar-refractivity contribution < 1.29 is 4.39 Å². The van der Waals surface area contributed by atoms with E-state index in [9.17, 15) is 4.39 Å². The SMILES string of the molecule is CCCNC(c1ccc(F)cn1)c1cc(C)cnc1N. The van der Waals surface area contributed by atoms with E-state index in [1.165, 1.54) is 12.3 Å². The molecule has 2 rings (SSSR count). The molecule has 20 heavy (non-hydrogen) atoms. The number of nitrogens with one attached hydrogen (secondary N) is 1. The maximum atomic E-state index is 13.0. The molecule has 0 aromatic carbocycles. The second kappa shape index (κ2) is 6.43. The first kappa shape index (κ1) is 14.4. The smallest absolute Gasteiger partial charge is 0.141 e. The van der Waals surface area contributed by atoms with E-state index in [0.29, 0.717) is 5.82 Å². The zero-order valence-corrected chi connectivity index (χ0v) is 11.7. The monoisotopic (exact) mass is 274 g/mol. The summed E-state index contributed by atoms with van der Waals surface area (Å²) < 4.78 is 13.0. The van der Waals surface area contributed by atoms with Crippen LogP contribution in [0.3, 0.4) is 0 Å². The molecule has 0 aliphatic heterocycles. The summed E-state index contributed by atoms with van der Waals surface area (Å²) in [5.41, 5.74) is 8.61. The van der Waals surface area contributed by atoms with Gasteiger partial charge in [0.2, 0.25) is 0 Å². The Morgan fingerprint density at radius 3 is 2.75 bits per heavy atom. The van der Waals surface area contributed by atoms with Gasteiger partial charge >= 0.3 is 0 Å². The lowest BCUT2D eigenvalue weighted by atomic mass is 10.0. The Bertz CT molecular complexity index is 569. The maximum Gasteiger partial charge on any atom is 0.141 e. The number of hydrogen-bond acceptors (Lipinski definition) is 4. The van der Waals surface area contributed by atoms with Crippen LogP contribution in [0.5, 0.6) is 0 Å². The molecule has 0 saturated heterocycles. The third-order valence-electron chi connectivity index (χ3n) is 3.04. The molecule has 2 aromatic heterocycles. The van der Waals surface area contributed by atoms with E-state index in [0.717, 1.165) is 29.8 Å². The minimum absolute atomic E-state index is 0.178. The first-order valence-corrected chi connectivity index (χ1v) is 6.68. The first-order valence-electron chi connectivity index (χ1n) is 6.68. The van der Waals surface area contributed by atoms with Crippen molar-refractivity contribution in [2.45, 2.75) is 26.3 Å². The van der Waals surface area contributed by atoms with Crippen LogP contribution in [0.2, 0.25) is 0 Å². The zero-order chi connectivity index (χ0) is 14.5. The van der Waals surface area contributed by atoms with Gasteiger partial charge in [0.15, 0.2) is 0 Å². The molecule has 0 bridgehead atoms. The van der Waals surface area contributed by atoms with E-state index in [4.69, 9.17) is 5.73 Å². The third-order valence-corrected chi connectivity index (χ3v) is 3.04. The first-order chi connectivity index (χ1) is 9.61.